The number of benzene rings is 1. The molecule has 0 aliphatic carbocycles. The first-order chi connectivity index (χ1) is 7.67. The molecule has 4 nitrogen and oxygen atoms in total. The highest BCUT2D eigenvalue weighted by Crippen LogP contribution is 2.25. The molecule has 0 aliphatic rings. The van der Waals surface area contributed by atoms with Gasteiger partial charge in [0.25, 0.3) is 0 Å². The van der Waals surface area contributed by atoms with Crippen molar-refractivity contribution in [3.63, 3.8) is 0 Å². The Bertz CT molecular complexity index is 426. The fraction of sp³-hybridized carbons (Fsp3) is 0.273. The molecule has 84 valence electrons. The van der Waals surface area contributed by atoms with Crippen LogP contribution in [0.15, 0.2) is 18.2 Å². The number of halogens is 1. The van der Waals surface area contributed by atoms with Crippen LogP contribution in [0.4, 0.5) is 0 Å². The van der Waals surface area contributed by atoms with Crippen LogP contribution in [-0.4, -0.2) is 19.7 Å². The maximum Gasteiger partial charge on any atom is 0.308 e. The highest BCUT2D eigenvalue weighted by atomic mass is 35.5. The molecule has 1 aromatic rings. The lowest BCUT2D eigenvalue weighted by molar-refractivity contribution is -0.141. The zero-order valence-electron chi connectivity index (χ0n) is 8.70. The monoisotopic (exact) mass is 239 g/mol. The van der Waals surface area contributed by atoms with Gasteiger partial charge in [0.1, 0.15) is 5.75 Å². The molecule has 0 saturated heterocycles. The van der Waals surface area contributed by atoms with Gasteiger partial charge in [-0.1, -0.05) is 11.6 Å². The summed E-state index contributed by atoms with van der Waals surface area (Å²) in [5, 5.41) is 8.97. The second kappa shape index (κ2) is 5.99. The molecule has 0 aliphatic heterocycles. The maximum absolute atomic E-state index is 10.8. The Morgan fingerprint density at radius 1 is 1.56 bits per heavy atom. The van der Waals surface area contributed by atoms with Crippen molar-refractivity contribution in [1.29, 1.82) is 5.26 Å². The lowest BCUT2D eigenvalue weighted by Crippen LogP contribution is -2.07. The van der Waals surface area contributed by atoms with E-state index in [-0.39, 0.29) is 19.0 Å². The average Bonchev–Trinajstić information content (AvgIpc) is 2.30. The van der Waals surface area contributed by atoms with E-state index < -0.39 is 0 Å². The fourth-order valence-electron chi connectivity index (χ4n) is 1.03. The molecule has 1 rings (SSSR count). The SMILES string of the molecule is COC(=O)CCOc1ccc(C#N)cc1Cl. The summed E-state index contributed by atoms with van der Waals surface area (Å²) in [6.07, 6.45) is 0.160. The predicted molar refractivity (Wildman–Crippen MR) is 58.3 cm³/mol. The van der Waals surface area contributed by atoms with Crippen LogP contribution in [0, 0.1) is 11.3 Å². The summed E-state index contributed by atoms with van der Waals surface area (Å²) in [6, 6.07) is 6.67. The Hall–Kier alpha value is -1.73. The molecular formula is C11H10ClNO3. The fourth-order valence-corrected chi connectivity index (χ4v) is 1.27. The van der Waals surface area contributed by atoms with Crippen LogP contribution < -0.4 is 4.74 Å². The predicted octanol–water partition coefficient (Wildman–Crippen LogP) is 2.15. The standard InChI is InChI=1S/C11H10ClNO3/c1-15-11(14)4-5-16-10-3-2-8(7-13)6-9(10)12/h2-3,6H,4-5H2,1H3. The molecule has 1 aromatic carbocycles. The van der Waals surface area contributed by atoms with Gasteiger partial charge in [-0.25, -0.2) is 0 Å². The van der Waals surface area contributed by atoms with Crippen LogP contribution in [0.5, 0.6) is 5.75 Å². The van der Waals surface area contributed by atoms with E-state index in [0.29, 0.717) is 16.3 Å². The first kappa shape index (κ1) is 12.3. The largest absolute Gasteiger partial charge is 0.491 e. The Morgan fingerprint density at radius 2 is 2.31 bits per heavy atom. The number of methoxy groups -OCH3 is 1. The minimum atomic E-state index is -0.343. The zero-order chi connectivity index (χ0) is 12.0. The second-order valence-corrected chi connectivity index (χ2v) is 3.34. The summed E-state index contributed by atoms with van der Waals surface area (Å²) in [7, 11) is 1.32. The van der Waals surface area contributed by atoms with Crippen LogP contribution in [0.2, 0.25) is 5.02 Å². The van der Waals surface area contributed by atoms with Gasteiger partial charge in [-0.3, -0.25) is 4.79 Å². The van der Waals surface area contributed by atoms with Gasteiger partial charge >= 0.3 is 5.97 Å². The van der Waals surface area contributed by atoms with E-state index in [1.807, 2.05) is 6.07 Å². The summed E-state index contributed by atoms with van der Waals surface area (Å²) < 4.78 is 9.73. The van der Waals surface area contributed by atoms with Crippen molar-refractivity contribution >= 4 is 17.6 Å². The lowest BCUT2D eigenvalue weighted by Gasteiger charge is -2.07. The number of ether oxygens (including phenoxy) is 2. The molecule has 0 heterocycles. The van der Waals surface area contributed by atoms with E-state index in [9.17, 15) is 4.79 Å². The number of nitriles is 1. The van der Waals surface area contributed by atoms with Crippen molar-refractivity contribution < 1.29 is 14.3 Å². The number of hydrogen-bond donors (Lipinski definition) is 0. The highest BCUT2D eigenvalue weighted by Gasteiger charge is 2.05. The van der Waals surface area contributed by atoms with E-state index in [4.69, 9.17) is 21.6 Å². The summed E-state index contributed by atoms with van der Waals surface area (Å²) in [6.45, 7) is 0.193. The topological polar surface area (TPSA) is 59.3 Å². The van der Waals surface area contributed by atoms with Crippen LogP contribution in [0.1, 0.15) is 12.0 Å². The molecule has 0 saturated carbocycles. The Balaban J connectivity index is 2.55. The highest BCUT2D eigenvalue weighted by molar-refractivity contribution is 6.32. The van der Waals surface area contributed by atoms with Gasteiger partial charge in [-0.2, -0.15) is 5.26 Å². The summed E-state index contributed by atoms with van der Waals surface area (Å²) in [4.78, 5) is 10.8. The number of carbonyl (C=O) groups is 1. The van der Waals surface area contributed by atoms with Gasteiger partial charge < -0.3 is 9.47 Å². The third-order valence-corrected chi connectivity index (χ3v) is 2.15. The van der Waals surface area contributed by atoms with Gasteiger partial charge in [-0.05, 0) is 18.2 Å². The molecule has 5 heteroatoms. The lowest BCUT2D eigenvalue weighted by atomic mass is 10.2. The normalized spacial score (nSPS) is 9.31. The van der Waals surface area contributed by atoms with Crippen molar-refractivity contribution in [2.45, 2.75) is 6.42 Å². The Kier molecular flexibility index (Phi) is 4.62. The van der Waals surface area contributed by atoms with Crippen molar-refractivity contribution in [3.05, 3.63) is 28.8 Å². The molecule has 0 amide bonds. The van der Waals surface area contributed by atoms with E-state index >= 15 is 0 Å². The van der Waals surface area contributed by atoms with Gasteiger partial charge in [0.05, 0.1) is 36.8 Å². The molecule has 0 unspecified atom stereocenters. The van der Waals surface area contributed by atoms with Crippen molar-refractivity contribution in [3.8, 4) is 11.8 Å². The van der Waals surface area contributed by atoms with E-state index in [2.05, 4.69) is 4.74 Å². The molecule has 0 aromatic heterocycles. The second-order valence-electron chi connectivity index (χ2n) is 2.93. The van der Waals surface area contributed by atoms with E-state index in [1.54, 1.807) is 12.1 Å². The van der Waals surface area contributed by atoms with Crippen molar-refractivity contribution in [2.75, 3.05) is 13.7 Å². The van der Waals surface area contributed by atoms with Gasteiger partial charge in [0, 0.05) is 0 Å². The number of esters is 1. The number of carbonyl (C=O) groups excluding carboxylic acids is 1. The number of rotatable bonds is 4. The molecule has 0 N–H and O–H groups in total. The van der Waals surface area contributed by atoms with Gasteiger partial charge in [-0.15, -0.1) is 0 Å². The molecule has 16 heavy (non-hydrogen) atoms. The third-order valence-electron chi connectivity index (χ3n) is 1.85. The zero-order valence-corrected chi connectivity index (χ0v) is 9.45. The number of nitrogens with zero attached hydrogens (tertiary/aromatic N) is 1. The van der Waals surface area contributed by atoms with Crippen LogP contribution in [0.3, 0.4) is 0 Å². The van der Waals surface area contributed by atoms with Gasteiger partial charge in [0.2, 0.25) is 0 Å². The Morgan fingerprint density at radius 3 is 2.88 bits per heavy atom. The molecule has 0 atom stereocenters. The summed E-state index contributed by atoms with van der Waals surface area (Å²) >= 11 is 5.87. The van der Waals surface area contributed by atoms with E-state index in [0.717, 1.165) is 0 Å². The number of hydrogen-bond acceptors (Lipinski definition) is 4. The molecule has 0 bridgehead atoms. The first-order valence-electron chi connectivity index (χ1n) is 4.56. The minimum Gasteiger partial charge on any atom is -0.491 e. The third kappa shape index (κ3) is 3.44. The first-order valence-corrected chi connectivity index (χ1v) is 4.94. The molecular weight excluding hydrogens is 230 g/mol. The maximum atomic E-state index is 10.8. The molecule has 0 radical (unpaired) electrons. The Labute approximate surface area is 98.3 Å². The van der Waals surface area contributed by atoms with Crippen molar-refractivity contribution in [2.24, 2.45) is 0 Å². The van der Waals surface area contributed by atoms with Crippen LogP contribution in [0.25, 0.3) is 0 Å². The minimum absolute atomic E-state index is 0.160. The van der Waals surface area contributed by atoms with Crippen molar-refractivity contribution in [1.82, 2.24) is 0 Å². The van der Waals surface area contributed by atoms with Crippen LogP contribution in [-0.2, 0) is 9.53 Å². The molecule has 0 spiro atoms. The van der Waals surface area contributed by atoms with Gasteiger partial charge in [0.15, 0.2) is 0 Å². The quantitative estimate of drug-likeness (QED) is 0.756. The summed E-state index contributed by atoms with van der Waals surface area (Å²) in [5.41, 5.74) is 0.463. The van der Waals surface area contributed by atoms with E-state index in [1.165, 1.54) is 13.2 Å². The van der Waals surface area contributed by atoms with Crippen LogP contribution >= 0.6 is 11.6 Å². The summed E-state index contributed by atoms with van der Waals surface area (Å²) in [5.74, 6) is 0.106. The molecule has 0 fully saturated rings. The smallest absolute Gasteiger partial charge is 0.308 e. The average molecular weight is 240 g/mol.